The number of allylic oxidation sites excluding steroid dienone is 1. The van der Waals surface area contributed by atoms with Crippen LogP contribution < -0.4 is 22.4 Å². The van der Waals surface area contributed by atoms with Gasteiger partial charge in [0, 0.05) is 18.3 Å². The zero-order chi connectivity index (χ0) is 13.3. The molecule has 2 heterocycles. The van der Waals surface area contributed by atoms with E-state index < -0.39 is 0 Å². The molecular formula is C14H14ClN3O2. The average molecular weight is 292 g/mol. The van der Waals surface area contributed by atoms with Crippen LogP contribution in [0.5, 0.6) is 0 Å². The summed E-state index contributed by atoms with van der Waals surface area (Å²) in [5.74, 6) is 0.552. The lowest BCUT2D eigenvalue weighted by atomic mass is 10.4. The molecule has 0 atom stereocenters. The monoisotopic (exact) mass is 291 g/mol. The molecule has 0 radical (unpaired) electrons. The third-order valence-corrected chi connectivity index (χ3v) is 2.26. The first kappa shape index (κ1) is 15.7. The van der Waals surface area contributed by atoms with Crippen molar-refractivity contribution in [2.24, 2.45) is 5.10 Å². The molecule has 0 saturated heterocycles. The number of carbonyl (C=O) groups is 1. The predicted molar refractivity (Wildman–Crippen MR) is 71.0 cm³/mol. The molecule has 20 heavy (non-hydrogen) atoms. The molecule has 0 aromatic carbocycles. The van der Waals surface area contributed by atoms with Gasteiger partial charge in [-0.3, -0.25) is 4.79 Å². The summed E-state index contributed by atoms with van der Waals surface area (Å²) in [5, 5.41) is 3.80. The van der Waals surface area contributed by atoms with Crippen LogP contribution >= 0.6 is 0 Å². The van der Waals surface area contributed by atoms with E-state index in [1.165, 1.54) is 6.21 Å². The number of hydrogen-bond acceptors (Lipinski definition) is 3. The molecular weight excluding hydrogens is 278 g/mol. The molecule has 0 aliphatic heterocycles. The number of hydrogen-bond donors (Lipinski definition) is 1. The lowest BCUT2D eigenvalue weighted by molar-refractivity contribution is -0.684. The molecule has 104 valence electrons. The fourth-order valence-electron chi connectivity index (χ4n) is 1.42. The van der Waals surface area contributed by atoms with Gasteiger partial charge in [-0.25, -0.2) is 5.43 Å². The van der Waals surface area contributed by atoms with Crippen molar-refractivity contribution < 1.29 is 26.2 Å². The van der Waals surface area contributed by atoms with Gasteiger partial charge in [-0.2, -0.15) is 9.67 Å². The molecule has 5 nitrogen and oxygen atoms in total. The van der Waals surface area contributed by atoms with Crippen molar-refractivity contribution in [3.8, 4) is 0 Å². The fraction of sp³-hybridized carbons (Fsp3) is 0.0714. The first-order valence-corrected chi connectivity index (χ1v) is 5.81. The van der Waals surface area contributed by atoms with Crippen LogP contribution in [0.1, 0.15) is 5.76 Å². The molecule has 0 aliphatic carbocycles. The van der Waals surface area contributed by atoms with Crippen molar-refractivity contribution in [1.82, 2.24) is 5.43 Å². The van der Waals surface area contributed by atoms with Gasteiger partial charge in [-0.05, 0) is 24.3 Å². The van der Waals surface area contributed by atoms with E-state index in [0.717, 1.165) is 5.76 Å². The van der Waals surface area contributed by atoms with E-state index >= 15 is 0 Å². The second-order valence-electron chi connectivity index (χ2n) is 3.74. The SMILES string of the molecule is O=C(C[n+]1ccccc1)N/N=C/C=Cc1ccco1.[Cl-]. The van der Waals surface area contributed by atoms with Crippen molar-refractivity contribution in [3.63, 3.8) is 0 Å². The van der Waals surface area contributed by atoms with E-state index in [9.17, 15) is 4.79 Å². The smallest absolute Gasteiger partial charge is 0.305 e. The number of pyridine rings is 1. The van der Waals surface area contributed by atoms with E-state index in [-0.39, 0.29) is 24.9 Å². The van der Waals surface area contributed by atoms with Gasteiger partial charge in [0.1, 0.15) is 5.76 Å². The van der Waals surface area contributed by atoms with E-state index in [1.807, 2.05) is 36.7 Å². The quantitative estimate of drug-likeness (QED) is 0.409. The maximum atomic E-state index is 11.5. The molecule has 0 bridgehead atoms. The number of furan rings is 1. The lowest BCUT2D eigenvalue weighted by Gasteiger charge is -1.95. The Morgan fingerprint density at radius 1 is 1.30 bits per heavy atom. The number of nitrogens with zero attached hydrogens (tertiary/aromatic N) is 2. The van der Waals surface area contributed by atoms with E-state index in [1.54, 1.807) is 29.0 Å². The Morgan fingerprint density at radius 2 is 2.10 bits per heavy atom. The van der Waals surface area contributed by atoms with Gasteiger partial charge >= 0.3 is 5.91 Å². The Kier molecular flexibility index (Phi) is 6.78. The van der Waals surface area contributed by atoms with Crippen molar-refractivity contribution >= 4 is 18.2 Å². The number of rotatable bonds is 5. The summed E-state index contributed by atoms with van der Waals surface area (Å²) in [6, 6.07) is 9.25. The van der Waals surface area contributed by atoms with Gasteiger partial charge < -0.3 is 16.8 Å². The van der Waals surface area contributed by atoms with Crippen molar-refractivity contribution in [3.05, 3.63) is 60.8 Å². The van der Waals surface area contributed by atoms with Crippen LogP contribution in [-0.4, -0.2) is 12.1 Å². The van der Waals surface area contributed by atoms with Crippen molar-refractivity contribution in [2.45, 2.75) is 6.54 Å². The topological polar surface area (TPSA) is 58.5 Å². The number of halogens is 1. The molecule has 0 aliphatic rings. The number of nitrogens with one attached hydrogen (secondary N) is 1. The third kappa shape index (κ3) is 5.49. The standard InChI is InChI=1S/C14H13N3O2.ClH/c18-14(12-17-9-2-1-3-10-17)16-15-8-4-6-13-7-5-11-19-13;/h1-11H,12H2;1H/b6-4?,15-8+;. The number of hydrazone groups is 1. The fourth-order valence-corrected chi connectivity index (χ4v) is 1.42. The van der Waals surface area contributed by atoms with Crippen LogP contribution in [0.25, 0.3) is 6.08 Å². The molecule has 6 heteroatoms. The summed E-state index contributed by atoms with van der Waals surface area (Å²) in [5.41, 5.74) is 2.44. The minimum Gasteiger partial charge on any atom is -1.00 e. The predicted octanol–water partition coefficient (Wildman–Crippen LogP) is -1.61. The molecule has 2 aromatic rings. The number of amides is 1. The summed E-state index contributed by atoms with van der Waals surface area (Å²) in [6.45, 7) is 0.236. The summed E-state index contributed by atoms with van der Waals surface area (Å²) in [4.78, 5) is 11.5. The molecule has 1 amide bonds. The minimum atomic E-state index is -0.182. The highest BCUT2D eigenvalue weighted by Crippen LogP contribution is 2.00. The van der Waals surface area contributed by atoms with Crippen molar-refractivity contribution in [1.29, 1.82) is 0 Å². The van der Waals surface area contributed by atoms with E-state index in [4.69, 9.17) is 4.42 Å². The molecule has 0 saturated carbocycles. The highest BCUT2D eigenvalue weighted by molar-refractivity contribution is 5.80. The van der Waals surface area contributed by atoms with Crippen LogP contribution in [0.3, 0.4) is 0 Å². The molecule has 0 spiro atoms. The van der Waals surface area contributed by atoms with Crippen LogP contribution in [0, 0.1) is 0 Å². The van der Waals surface area contributed by atoms with Gasteiger partial charge in [0.15, 0.2) is 12.4 Å². The van der Waals surface area contributed by atoms with E-state index in [0.29, 0.717) is 0 Å². The molecule has 0 fully saturated rings. The molecule has 2 rings (SSSR count). The van der Waals surface area contributed by atoms with Crippen LogP contribution in [0.2, 0.25) is 0 Å². The van der Waals surface area contributed by atoms with Gasteiger partial charge in [0.05, 0.1) is 6.26 Å². The summed E-state index contributed by atoms with van der Waals surface area (Å²) in [7, 11) is 0. The Hall–Kier alpha value is -2.40. The summed E-state index contributed by atoms with van der Waals surface area (Å²) in [6.07, 6.45) is 10.2. The maximum Gasteiger partial charge on any atom is 0.305 e. The van der Waals surface area contributed by atoms with Crippen LogP contribution in [0.15, 0.2) is 64.6 Å². The Bertz CT molecular complexity index is 565. The van der Waals surface area contributed by atoms with Gasteiger partial charge in [0.2, 0.25) is 6.54 Å². The number of aromatic nitrogens is 1. The zero-order valence-electron chi connectivity index (χ0n) is 10.6. The summed E-state index contributed by atoms with van der Waals surface area (Å²) < 4.78 is 6.87. The first-order chi connectivity index (χ1) is 9.34. The maximum absolute atomic E-state index is 11.5. The van der Waals surface area contributed by atoms with E-state index in [2.05, 4.69) is 10.5 Å². The molecule has 2 aromatic heterocycles. The molecule has 1 N–H and O–H groups in total. The van der Waals surface area contributed by atoms with Crippen LogP contribution in [-0.2, 0) is 11.3 Å². The third-order valence-electron chi connectivity index (χ3n) is 2.26. The second-order valence-corrected chi connectivity index (χ2v) is 3.74. The number of carbonyl (C=O) groups excluding carboxylic acids is 1. The van der Waals surface area contributed by atoms with Crippen molar-refractivity contribution in [2.75, 3.05) is 0 Å². The largest absolute Gasteiger partial charge is 1.00 e. The molecule has 0 unspecified atom stereocenters. The normalized spacial score (nSPS) is 10.6. The second kappa shape index (κ2) is 8.66. The highest BCUT2D eigenvalue weighted by Gasteiger charge is 2.05. The Labute approximate surface area is 123 Å². The minimum absolute atomic E-state index is 0. The highest BCUT2D eigenvalue weighted by atomic mass is 35.5. The van der Waals surface area contributed by atoms with Crippen LogP contribution in [0.4, 0.5) is 0 Å². The first-order valence-electron chi connectivity index (χ1n) is 5.81. The Morgan fingerprint density at radius 3 is 2.80 bits per heavy atom. The summed E-state index contributed by atoms with van der Waals surface area (Å²) >= 11 is 0. The van der Waals surface area contributed by atoms with Gasteiger partial charge in [-0.15, -0.1) is 0 Å². The Balaban J connectivity index is 0.00000200. The lowest BCUT2D eigenvalue weighted by Crippen LogP contribution is -3.00. The van der Waals surface area contributed by atoms with Gasteiger partial charge in [-0.1, -0.05) is 6.07 Å². The zero-order valence-corrected chi connectivity index (χ0v) is 11.4. The average Bonchev–Trinajstić information content (AvgIpc) is 2.92. The van der Waals surface area contributed by atoms with Gasteiger partial charge in [0.25, 0.3) is 0 Å².